The van der Waals surface area contributed by atoms with Crippen molar-refractivity contribution in [2.24, 2.45) is 0 Å². The Morgan fingerprint density at radius 1 is 1.33 bits per heavy atom. The van der Waals surface area contributed by atoms with E-state index in [9.17, 15) is 23.6 Å². The molecule has 0 atom stereocenters. The number of ether oxygens (including phenoxy) is 1. The Hall–Kier alpha value is -3.74. The Morgan fingerprint density at radius 3 is 2.79 bits per heavy atom. The summed E-state index contributed by atoms with van der Waals surface area (Å²) in [4.78, 5) is 29.6. The van der Waals surface area contributed by atoms with Crippen molar-refractivity contribution in [3.05, 3.63) is 47.2 Å². The van der Waals surface area contributed by atoms with Gasteiger partial charge in [0, 0.05) is 32.0 Å². The van der Waals surface area contributed by atoms with E-state index >= 15 is 0 Å². The lowest BCUT2D eigenvalue weighted by Crippen LogP contribution is -2.58. The summed E-state index contributed by atoms with van der Waals surface area (Å²) < 4.78 is 33.7. The molecule has 8 nitrogen and oxygen atoms in total. The standard InChI is InChI=1S/C23H23F2N5O3/c1-14(31)29-23(6-8-30(9-7-23)22-15(11-26)10-16(24)12-27-22)13-33-19-4-3-18(25)21-17(19)2-5-20(32)28-21/h3-4,10,12H,2,5-9,13H2,1H3,(H,28,32)(H,29,31). The van der Waals surface area contributed by atoms with E-state index in [1.807, 2.05) is 11.0 Å². The zero-order valence-electron chi connectivity index (χ0n) is 18.1. The lowest BCUT2D eigenvalue weighted by molar-refractivity contribution is -0.121. The van der Waals surface area contributed by atoms with Crippen molar-refractivity contribution in [1.29, 1.82) is 5.26 Å². The van der Waals surface area contributed by atoms with Crippen LogP contribution in [0.5, 0.6) is 5.75 Å². The molecule has 2 N–H and O–H groups in total. The number of halogens is 2. The number of rotatable bonds is 5. The third-order valence-corrected chi connectivity index (χ3v) is 6.00. The highest BCUT2D eigenvalue weighted by molar-refractivity contribution is 5.94. The molecular weight excluding hydrogens is 432 g/mol. The van der Waals surface area contributed by atoms with Gasteiger partial charge in [0.2, 0.25) is 11.8 Å². The van der Waals surface area contributed by atoms with Gasteiger partial charge in [0.15, 0.2) is 0 Å². The molecule has 0 aliphatic carbocycles. The number of benzene rings is 1. The van der Waals surface area contributed by atoms with E-state index in [2.05, 4.69) is 15.6 Å². The summed E-state index contributed by atoms with van der Waals surface area (Å²) in [5.41, 5.74) is 0.199. The Balaban J connectivity index is 1.51. The van der Waals surface area contributed by atoms with Crippen LogP contribution in [0, 0.1) is 23.0 Å². The number of amides is 2. The molecule has 172 valence electrons. The third-order valence-electron chi connectivity index (χ3n) is 6.00. The zero-order valence-corrected chi connectivity index (χ0v) is 18.1. The molecule has 1 aromatic carbocycles. The SMILES string of the molecule is CC(=O)NC1(COc2ccc(F)c3c2CCC(=O)N3)CCN(c2ncc(F)cc2C#N)CC1. The van der Waals surface area contributed by atoms with E-state index < -0.39 is 17.2 Å². The number of pyridine rings is 1. The highest BCUT2D eigenvalue weighted by Gasteiger charge is 2.37. The lowest BCUT2D eigenvalue weighted by Gasteiger charge is -2.42. The lowest BCUT2D eigenvalue weighted by atomic mass is 9.87. The van der Waals surface area contributed by atoms with Crippen LogP contribution in [0.3, 0.4) is 0 Å². The molecule has 3 heterocycles. The van der Waals surface area contributed by atoms with Gasteiger partial charge in [-0.15, -0.1) is 0 Å². The average molecular weight is 455 g/mol. The monoisotopic (exact) mass is 455 g/mol. The number of hydrogen-bond acceptors (Lipinski definition) is 6. The number of carbonyl (C=O) groups excluding carboxylic acids is 2. The number of carbonyl (C=O) groups is 2. The zero-order chi connectivity index (χ0) is 23.6. The normalized spacial score (nSPS) is 16.9. The Labute approximate surface area is 189 Å². The van der Waals surface area contributed by atoms with Crippen molar-refractivity contribution in [2.75, 3.05) is 29.9 Å². The van der Waals surface area contributed by atoms with Crippen LogP contribution in [0.1, 0.15) is 37.3 Å². The topological polar surface area (TPSA) is 107 Å². The van der Waals surface area contributed by atoms with E-state index in [4.69, 9.17) is 4.74 Å². The van der Waals surface area contributed by atoms with Crippen molar-refractivity contribution in [1.82, 2.24) is 10.3 Å². The molecule has 2 aliphatic rings. The van der Waals surface area contributed by atoms with Gasteiger partial charge in [0.05, 0.1) is 23.0 Å². The van der Waals surface area contributed by atoms with Crippen LogP contribution < -0.4 is 20.3 Å². The molecule has 2 aliphatic heterocycles. The number of piperidine rings is 1. The molecule has 4 rings (SSSR count). The highest BCUT2D eigenvalue weighted by Crippen LogP contribution is 2.35. The summed E-state index contributed by atoms with van der Waals surface area (Å²) >= 11 is 0. The van der Waals surface area contributed by atoms with Crippen LogP contribution >= 0.6 is 0 Å². The minimum Gasteiger partial charge on any atom is -0.491 e. The largest absolute Gasteiger partial charge is 0.491 e. The Morgan fingerprint density at radius 2 is 2.09 bits per heavy atom. The molecule has 0 saturated carbocycles. The van der Waals surface area contributed by atoms with E-state index in [1.54, 1.807) is 0 Å². The van der Waals surface area contributed by atoms with Gasteiger partial charge in [-0.05, 0) is 37.5 Å². The summed E-state index contributed by atoms with van der Waals surface area (Å²) in [7, 11) is 0. The molecule has 10 heteroatoms. The molecule has 2 aromatic rings. The summed E-state index contributed by atoms with van der Waals surface area (Å²) in [6, 6.07) is 5.90. The molecule has 2 amide bonds. The number of nitriles is 1. The van der Waals surface area contributed by atoms with Crippen LogP contribution in [0.25, 0.3) is 0 Å². The minimum absolute atomic E-state index is 0.138. The first kappa shape index (κ1) is 22.5. The number of fused-ring (bicyclic) bond motifs is 1. The molecule has 1 fully saturated rings. The minimum atomic E-state index is -0.686. The van der Waals surface area contributed by atoms with Gasteiger partial charge < -0.3 is 20.3 Å². The summed E-state index contributed by atoms with van der Waals surface area (Å²) in [5, 5.41) is 14.9. The first-order valence-corrected chi connectivity index (χ1v) is 10.6. The molecule has 1 saturated heterocycles. The summed E-state index contributed by atoms with van der Waals surface area (Å²) in [6.07, 6.45) is 2.67. The van der Waals surface area contributed by atoms with Gasteiger partial charge in [-0.1, -0.05) is 0 Å². The maximum absolute atomic E-state index is 14.2. The van der Waals surface area contributed by atoms with E-state index in [1.165, 1.54) is 19.1 Å². The second-order valence-electron chi connectivity index (χ2n) is 8.32. The second kappa shape index (κ2) is 9.02. The number of hydrogen-bond donors (Lipinski definition) is 2. The smallest absolute Gasteiger partial charge is 0.224 e. The molecule has 0 bridgehead atoms. The summed E-state index contributed by atoms with van der Waals surface area (Å²) in [6.45, 7) is 2.51. The van der Waals surface area contributed by atoms with Gasteiger partial charge >= 0.3 is 0 Å². The average Bonchev–Trinajstić information content (AvgIpc) is 2.79. The van der Waals surface area contributed by atoms with Gasteiger partial charge in [-0.25, -0.2) is 13.8 Å². The first-order chi connectivity index (χ1) is 15.8. The predicted octanol–water partition coefficient (Wildman–Crippen LogP) is 2.67. The van der Waals surface area contributed by atoms with Gasteiger partial charge in [-0.3, -0.25) is 9.59 Å². The maximum atomic E-state index is 14.2. The van der Waals surface area contributed by atoms with Crippen molar-refractivity contribution in [3.8, 4) is 11.8 Å². The molecule has 0 spiro atoms. The number of anilines is 2. The maximum Gasteiger partial charge on any atom is 0.224 e. The number of nitrogens with zero attached hydrogens (tertiary/aromatic N) is 3. The predicted molar refractivity (Wildman–Crippen MR) is 116 cm³/mol. The number of nitrogens with one attached hydrogen (secondary N) is 2. The van der Waals surface area contributed by atoms with Crippen LogP contribution in [0.15, 0.2) is 24.4 Å². The van der Waals surface area contributed by atoms with Crippen LogP contribution in [-0.4, -0.2) is 42.0 Å². The molecule has 0 unspecified atom stereocenters. The molecule has 1 aromatic heterocycles. The molecule has 33 heavy (non-hydrogen) atoms. The van der Waals surface area contributed by atoms with Gasteiger partial charge in [-0.2, -0.15) is 5.26 Å². The molecular formula is C23H23F2N5O3. The van der Waals surface area contributed by atoms with Crippen LogP contribution in [-0.2, 0) is 16.0 Å². The Kier molecular flexibility index (Phi) is 6.14. The van der Waals surface area contributed by atoms with Crippen LogP contribution in [0.2, 0.25) is 0 Å². The first-order valence-electron chi connectivity index (χ1n) is 10.6. The van der Waals surface area contributed by atoms with E-state index in [0.29, 0.717) is 49.5 Å². The van der Waals surface area contributed by atoms with Crippen molar-refractivity contribution >= 4 is 23.3 Å². The fraction of sp³-hybridized carbons (Fsp3) is 0.391. The van der Waals surface area contributed by atoms with Crippen LogP contribution in [0.4, 0.5) is 20.3 Å². The fourth-order valence-corrected chi connectivity index (χ4v) is 4.37. The van der Waals surface area contributed by atoms with Gasteiger partial charge in [0.1, 0.15) is 35.9 Å². The van der Waals surface area contributed by atoms with Crippen molar-refractivity contribution < 1.29 is 23.1 Å². The van der Waals surface area contributed by atoms with Crippen molar-refractivity contribution in [2.45, 2.75) is 38.1 Å². The number of aromatic nitrogens is 1. The summed E-state index contributed by atoms with van der Waals surface area (Å²) in [5.74, 6) is -0.683. The van der Waals surface area contributed by atoms with E-state index in [0.717, 1.165) is 12.3 Å². The molecule has 0 radical (unpaired) electrons. The second-order valence-corrected chi connectivity index (χ2v) is 8.32. The quantitative estimate of drug-likeness (QED) is 0.718. The third kappa shape index (κ3) is 4.72. The fourth-order valence-electron chi connectivity index (χ4n) is 4.37. The highest BCUT2D eigenvalue weighted by atomic mass is 19.1. The van der Waals surface area contributed by atoms with E-state index in [-0.39, 0.29) is 36.1 Å². The Bertz CT molecular complexity index is 1140. The van der Waals surface area contributed by atoms with Crippen molar-refractivity contribution in [3.63, 3.8) is 0 Å². The van der Waals surface area contributed by atoms with Gasteiger partial charge in [0.25, 0.3) is 0 Å².